The van der Waals surface area contributed by atoms with E-state index in [2.05, 4.69) is 20.6 Å². The van der Waals surface area contributed by atoms with Gasteiger partial charge in [-0.2, -0.15) is 10.2 Å². The van der Waals surface area contributed by atoms with Gasteiger partial charge < -0.3 is 5.32 Å². The van der Waals surface area contributed by atoms with Crippen LogP contribution < -0.4 is 5.32 Å². The van der Waals surface area contributed by atoms with Gasteiger partial charge in [0.2, 0.25) is 5.92 Å². The average Bonchev–Trinajstić information content (AvgIpc) is 3.18. The van der Waals surface area contributed by atoms with Crippen LogP contribution in [-0.2, 0) is 7.05 Å². The Hall–Kier alpha value is -2.25. The van der Waals surface area contributed by atoms with Crippen molar-refractivity contribution in [3.05, 3.63) is 29.2 Å². The number of anilines is 1. The summed E-state index contributed by atoms with van der Waals surface area (Å²) in [5.74, 6) is -1.95. The Bertz CT molecular complexity index is 783. The van der Waals surface area contributed by atoms with Crippen molar-refractivity contribution in [2.45, 2.75) is 56.3 Å². The number of H-pyrrole nitrogens is 1. The zero-order valence-electron chi connectivity index (χ0n) is 14.1. The fraction of sp³-hybridized carbons (Fsp3) is 0.588. The molecule has 0 bridgehead atoms. The molecule has 2 aromatic heterocycles. The lowest BCUT2D eigenvalue weighted by Gasteiger charge is -2.27. The monoisotopic (exact) mass is 349 g/mol. The molecule has 0 aromatic carbocycles. The topological polar surface area (TPSA) is 75.6 Å². The van der Waals surface area contributed by atoms with Crippen molar-refractivity contribution in [3.63, 3.8) is 0 Å². The van der Waals surface area contributed by atoms with Gasteiger partial charge in [-0.3, -0.25) is 14.6 Å². The first-order valence-corrected chi connectivity index (χ1v) is 8.69. The highest BCUT2D eigenvalue weighted by Crippen LogP contribution is 2.41. The largest absolute Gasteiger partial charge is 0.305 e. The molecular formula is C17H21F2N5O. The van der Waals surface area contributed by atoms with E-state index in [1.165, 1.54) is 0 Å². The summed E-state index contributed by atoms with van der Waals surface area (Å²) >= 11 is 0. The lowest BCUT2D eigenvalue weighted by atomic mass is 9.85. The maximum Gasteiger partial charge on any atom is 0.260 e. The molecule has 0 saturated heterocycles. The smallest absolute Gasteiger partial charge is 0.260 e. The van der Waals surface area contributed by atoms with Gasteiger partial charge in [0.25, 0.3) is 5.91 Å². The van der Waals surface area contributed by atoms with E-state index in [0.29, 0.717) is 30.1 Å². The molecule has 2 aromatic rings. The van der Waals surface area contributed by atoms with E-state index in [4.69, 9.17) is 0 Å². The molecule has 2 aliphatic carbocycles. The molecule has 0 aliphatic heterocycles. The van der Waals surface area contributed by atoms with Crippen LogP contribution in [0, 0.1) is 0 Å². The molecule has 2 N–H and O–H groups in total. The van der Waals surface area contributed by atoms with Gasteiger partial charge in [0, 0.05) is 49.7 Å². The Balaban J connectivity index is 1.44. The molecule has 2 aliphatic rings. The van der Waals surface area contributed by atoms with Crippen LogP contribution in [0.25, 0.3) is 0 Å². The summed E-state index contributed by atoms with van der Waals surface area (Å²) in [6.45, 7) is 0. The molecule has 134 valence electrons. The van der Waals surface area contributed by atoms with E-state index in [1.54, 1.807) is 24.0 Å². The van der Waals surface area contributed by atoms with Crippen LogP contribution >= 0.6 is 0 Å². The molecule has 2 heterocycles. The molecule has 0 unspecified atom stereocenters. The Morgan fingerprint density at radius 3 is 2.68 bits per heavy atom. The number of halogens is 2. The Labute approximate surface area is 144 Å². The Kier molecular flexibility index (Phi) is 3.85. The quantitative estimate of drug-likeness (QED) is 0.886. The van der Waals surface area contributed by atoms with Gasteiger partial charge in [0.05, 0.1) is 11.3 Å². The minimum absolute atomic E-state index is 0.0400. The van der Waals surface area contributed by atoms with Crippen LogP contribution in [0.2, 0.25) is 0 Å². The predicted molar refractivity (Wildman–Crippen MR) is 87.9 cm³/mol. The van der Waals surface area contributed by atoms with Crippen molar-refractivity contribution >= 4 is 11.7 Å². The number of hydrogen-bond donors (Lipinski definition) is 2. The Morgan fingerprint density at radius 1 is 1.28 bits per heavy atom. The fourth-order valence-corrected chi connectivity index (χ4v) is 3.48. The molecule has 0 atom stereocenters. The third kappa shape index (κ3) is 3.43. The lowest BCUT2D eigenvalue weighted by molar-refractivity contribution is -0.0384. The lowest BCUT2D eigenvalue weighted by Crippen LogP contribution is -2.23. The van der Waals surface area contributed by atoms with Gasteiger partial charge in [-0.15, -0.1) is 0 Å². The summed E-state index contributed by atoms with van der Waals surface area (Å²) < 4.78 is 28.2. The predicted octanol–water partition coefficient (Wildman–Crippen LogP) is 3.57. The van der Waals surface area contributed by atoms with E-state index < -0.39 is 5.92 Å². The van der Waals surface area contributed by atoms with Crippen molar-refractivity contribution in [1.29, 1.82) is 0 Å². The number of nitrogens with one attached hydrogen (secondary N) is 2. The number of amides is 1. The molecular weight excluding hydrogens is 328 g/mol. The van der Waals surface area contributed by atoms with Gasteiger partial charge in [-0.05, 0) is 25.7 Å². The van der Waals surface area contributed by atoms with Crippen LogP contribution in [0.5, 0.6) is 0 Å². The van der Waals surface area contributed by atoms with Gasteiger partial charge in [0.1, 0.15) is 0 Å². The summed E-state index contributed by atoms with van der Waals surface area (Å²) in [4.78, 5) is 12.5. The second kappa shape index (κ2) is 5.93. The van der Waals surface area contributed by atoms with Crippen LogP contribution in [0.15, 0.2) is 12.3 Å². The number of hydrogen-bond acceptors (Lipinski definition) is 3. The van der Waals surface area contributed by atoms with Crippen molar-refractivity contribution in [1.82, 2.24) is 20.0 Å². The highest BCUT2D eigenvalue weighted by molar-refractivity contribution is 6.04. The maximum atomic E-state index is 13.3. The number of aromatic amines is 1. The summed E-state index contributed by atoms with van der Waals surface area (Å²) in [6.07, 6.45) is 4.51. The standard InChI is InChI=1S/C17H21F2N5O/c1-24-9-12(15(23-24)11-2-3-11)16(25)20-14-8-13(21-22-14)10-4-6-17(18,19)7-5-10/h8-11H,2-7H2,1H3,(H2,20,21,22,25). The number of nitrogens with zero attached hydrogens (tertiary/aromatic N) is 3. The second-order valence-electron chi connectivity index (χ2n) is 7.17. The minimum atomic E-state index is -2.55. The average molecular weight is 349 g/mol. The second-order valence-corrected chi connectivity index (χ2v) is 7.17. The number of rotatable bonds is 4. The van der Waals surface area contributed by atoms with E-state index in [1.807, 2.05) is 0 Å². The molecule has 0 spiro atoms. The van der Waals surface area contributed by atoms with Crippen molar-refractivity contribution < 1.29 is 13.6 Å². The zero-order chi connectivity index (χ0) is 17.6. The van der Waals surface area contributed by atoms with Crippen LogP contribution in [0.4, 0.5) is 14.6 Å². The van der Waals surface area contributed by atoms with E-state index in [9.17, 15) is 13.6 Å². The minimum Gasteiger partial charge on any atom is -0.305 e. The van der Waals surface area contributed by atoms with Crippen molar-refractivity contribution in [3.8, 4) is 0 Å². The number of aryl methyl sites for hydroxylation is 1. The third-order valence-corrected chi connectivity index (χ3v) is 5.06. The molecule has 1 amide bonds. The molecule has 2 fully saturated rings. The third-order valence-electron chi connectivity index (χ3n) is 5.06. The van der Waals surface area contributed by atoms with Crippen LogP contribution in [0.3, 0.4) is 0 Å². The zero-order valence-corrected chi connectivity index (χ0v) is 14.1. The summed E-state index contributed by atoms with van der Waals surface area (Å²) in [6, 6.07) is 1.75. The summed E-state index contributed by atoms with van der Waals surface area (Å²) in [7, 11) is 1.80. The van der Waals surface area contributed by atoms with Gasteiger partial charge >= 0.3 is 0 Å². The van der Waals surface area contributed by atoms with Crippen molar-refractivity contribution in [2.75, 3.05) is 5.32 Å². The number of carbonyl (C=O) groups is 1. The molecule has 2 saturated carbocycles. The van der Waals surface area contributed by atoms with Crippen molar-refractivity contribution in [2.24, 2.45) is 7.05 Å². The van der Waals surface area contributed by atoms with E-state index in [-0.39, 0.29) is 24.7 Å². The maximum absolute atomic E-state index is 13.3. The van der Waals surface area contributed by atoms with Crippen LogP contribution in [0.1, 0.15) is 72.1 Å². The Morgan fingerprint density at radius 2 is 2.00 bits per heavy atom. The first-order chi connectivity index (χ1) is 11.9. The molecule has 4 rings (SSSR count). The van der Waals surface area contributed by atoms with E-state index in [0.717, 1.165) is 24.2 Å². The van der Waals surface area contributed by atoms with Crippen LogP contribution in [-0.4, -0.2) is 31.8 Å². The summed E-state index contributed by atoms with van der Waals surface area (Å²) in [5, 5.41) is 14.2. The van der Waals surface area contributed by atoms with Gasteiger partial charge in [0.15, 0.2) is 5.82 Å². The van der Waals surface area contributed by atoms with Gasteiger partial charge in [-0.25, -0.2) is 8.78 Å². The van der Waals surface area contributed by atoms with Gasteiger partial charge in [-0.1, -0.05) is 0 Å². The first-order valence-electron chi connectivity index (χ1n) is 8.69. The van der Waals surface area contributed by atoms with E-state index >= 15 is 0 Å². The number of aromatic nitrogens is 4. The number of alkyl halides is 2. The summed E-state index contributed by atoms with van der Waals surface area (Å²) in [5.41, 5.74) is 2.22. The fourth-order valence-electron chi connectivity index (χ4n) is 3.48. The number of carbonyl (C=O) groups excluding carboxylic acids is 1. The first kappa shape index (κ1) is 16.2. The molecule has 8 heteroatoms. The highest BCUT2D eigenvalue weighted by Gasteiger charge is 2.36. The highest BCUT2D eigenvalue weighted by atomic mass is 19.3. The normalized spacial score (nSPS) is 20.6. The SMILES string of the molecule is Cn1cc(C(=O)Nc2cc(C3CCC(F)(F)CC3)[nH]n2)c(C2CC2)n1. The molecule has 0 radical (unpaired) electrons. The molecule has 25 heavy (non-hydrogen) atoms. The molecule has 6 nitrogen and oxygen atoms in total.